The monoisotopic (exact) mass is 286 g/mol. The smallest absolute Gasteiger partial charge is 0.243 e. The normalized spacial score (nSPS) is 11.9. The zero-order chi connectivity index (χ0) is 15.4. The van der Waals surface area contributed by atoms with E-state index in [1.807, 2.05) is 0 Å². The van der Waals surface area contributed by atoms with Gasteiger partial charge in [-0.3, -0.25) is 4.79 Å². The molecule has 1 unspecified atom stereocenters. The molecule has 2 aromatic carbocycles. The van der Waals surface area contributed by atoms with Crippen LogP contribution in [0.3, 0.4) is 0 Å². The Balaban J connectivity index is 2.06. The van der Waals surface area contributed by atoms with Crippen LogP contribution in [0.15, 0.2) is 48.5 Å². The number of amides is 1. The quantitative estimate of drug-likeness (QED) is 0.797. The van der Waals surface area contributed by atoms with Crippen LogP contribution >= 0.6 is 0 Å². The molecule has 0 saturated heterocycles. The first-order valence-corrected chi connectivity index (χ1v) is 6.57. The number of rotatable bonds is 4. The Morgan fingerprint density at radius 3 is 2.43 bits per heavy atom. The number of nitrogens with zero attached hydrogens (tertiary/aromatic N) is 1. The van der Waals surface area contributed by atoms with Gasteiger partial charge in [-0.1, -0.05) is 18.2 Å². The fraction of sp³-hybridized carbons (Fsp3) is 0.188. The lowest BCUT2D eigenvalue weighted by Crippen LogP contribution is -2.43. The van der Waals surface area contributed by atoms with Crippen molar-refractivity contribution in [3.8, 4) is 11.5 Å². The van der Waals surface area contributed by atoms with Gasteiger partial charge >= 0.3 is 0 Å². The van der Waals surface area contributed by atoms with Crippen molar-refractivity contribution in [3.05, 3.63) is 54.1 Å². The fourth-order valence-electron chi connectivity index (χ4n) is 2.05. The van der Waals surface area contributed by atoms with Crippen molar-refractivity contribution in [2.24, 2.45) is 5.73 Å². The molecule has 0 saturated carbocycles. The SMILES string of the molecule is CN(C(=O)C(N)Cc1ccc(O)cc1)c1cccc(O)c1. The number of anilines is 1. The number of benzene rings is 2. The van der Waals surface area contributed by atoms with Gasteiger partial charge in [-0.05, 0) is 36.2 Å². The van der Waals surface area contributed by atoms with Crippen molar-refractivity contribution in [1.82, 2.24) is 0 Å². The Bertz CT molecular complexity index is 626. The Hall–Kier alpha value is -2.53. The van der Waals surface area contributed by atoms with Gasteiger partial charge in [0.05, 0.1) is 6.04 Å². The lowest BCUT2D eigenvalue weighted by atomic mass is 10.1. The van der Waals surface area contributed by atoms with Crippen LogP contribution < -0.4 is 10.6 Å². The maximum atomic E-state index is 12.3. The second-order valence-corrected chi connectivity index (χ2v) is 4.89. The summed E-state index contributed by atoms with van der Waals surface area (Å²) < 4.78 is 0. The van der Waals surface area contributed by atoms with Gasteiger partial charge in [-0.2, -0.15) is 0 Å². The molecule has 0 aromatic heterocycles. The van der Waals surface area contributed by atoms with E-state index in [4.69, 9.17) is 5.73 Å². The second-order valence-electron chi connectivity index (χ2n) is 4.89. The predicted octanol–water partition coefficient (Wildman–Crippen LogP) is 1.63. The molecule has 0 aliphatic heterocycles. The van der Waals surface area contributed by atoms with E-state index in [9.17, 15) is 15.0 Å². The molecular weight excluding hydrogens is 268 g/mol. The van der Waals surface area contributed by atoms with Crippen LogP contribution in [0.25, 0.3) is 0 Å². The van der Waals surface area contributed by atoms with Crippen LogP contribution in [0.1, 0.15) is 5.56 Å². The zero-order valence-corrected chi connectivity index (χ0v) is 11.7. The number of likely N-dealkylation sites (N-methyl/N-ethyl adjacent to an activating group) is 1. The maximum Gasteiger partial charge on any atom is 0.243 e. The van der Waals surface area contributed by atoms with Crippen molar-refractivity contribution < 1.29 is 15.0 Å². The number of nitrogens with two attached hydrogens (primary N) is 1. The first kappa shape index (κ1) is 14.9. The van der Waals surface area contributed by atoms with Gasteiger partial charge in [0.2, 0.25) is 5.91 Å². The third kappa shape index (κ3) is 3.73. The summed E-state index contributed by atoms with van der Waals surface area (Å²) in [5.41, 5.74) is 7.40. The summed E-state index contributed by atoms with van der Waals surface area (Å²) in [6, 6.07) is 12.3. The van der Waals surface area contributed by atoms with E-state index in [2.05, 4.69) is 0 Å². The van der Waals surface area contributed by atoms with Crippen molar-refractivity contribution in [3.63, 3.8) is 0 Å². The van der Waals surface area contributed by atoms with E-state index < -0.39 is 6.04 Å². The zero-order valence-electron chi connectivity index (χ0n) is 11.7. The van der Waals surface area contributed by atoms with E-state index in [0.29, 0.717) is 12.1 Å². The number of hydrogen-bond donors (Lipinski definition) is 3. The molecule has 0 bridgehead atoms. The fourth-order valence-corrected chi connectivity index (χ4v) is 2.05. The Morgan fingerprint density at radius 2 is 1.81 bits per heavy atom. The maximum absolute atomic E-state index is 12.3. The van der Waals surface area contributed by atoms with E-state index in [0.717, 1.165) is 5.56 Å². The molecule has 110 valence electrons. The second kappa shape index (κ2) is 6.28. The molecule has 1 amide bonds. The van der Waals surface area contributed by atoms with Gasteiger partial charge in [0.15, 0.2) is 0 Å². The molecule has 0 aliphatic rings. The molecular formula is C16H18N2O3. The Labute approximate surface area is 123 Å². The minimum Gasteiger partial charge on any atom is -0.508 e. The van der Waals surface area contributed by atoms with Crippen LogP contribution in [-0.4, -0.2) is 29.2 Å². The molecule has 2 rings (SSSR count). The third-order valence-corrected chi connectivity index (χ3v) is 3.26. The molecule has 0 spiro atoms. The van der Waals surface area contributed by atoms with Gasteiger partial charge in [0, 0.05) is 18.8 Å². The number of phenols is 2. The average Bonchev–Trinajstić information content (AvgIpc) is 2.48. The van der Waals surface area contributed by atoms with Crippen LogP contribution in [0.2, 0.25) is 0 Å². The minimum atomic E-state index is -0.693. The summed E-state index contributed by atoms with van der Waals surface area (Å²) in [5, 5.41) is 18.7. The van der Waals surface area contributed by atoms with Gasteiger partial charge in [0.1, 0.15) is 11.5 Å². The minimum absolute atomic E-state index is 0.0965. The van der Waals surface area contributed by atoms with E-state index in [-0.39, 0.29) is 17.4 Å². The molecule has 4 N–H and O–H groups in total. The molecule has 21 heavy (non-hydrogen) atoms. The third-order valence-electron chi connectivity index (χ3n) is 3.26. The van der Waals surface area contributed by atoms with Gasteiger partial charge < -0.3 is 20.8 Å². The van der Waals surface area contributed by atoms with Gasteiger partial charge in [-0.15, -0.1) is 0 Å². The summed E-state index contributed by atoms with van der Waals surface area (Å²) >= 11 is 0. The number of carbonyl (C=O) groups excluding carboxylic acids is 1. The standard InChI is InChI=1S/C16H18N2O3/c1-18(12-3-2-4-14(20)10-12)16(21)15(17)9-11-5-7-13(19)8-6-11/h2-8,10,15,19-20H,9,17H2,1H3. The number of hydrogen-bond acceptors (Lipinski definition) is 4. The summed E-state index contributed by atoms with van der Waals surface area (Å²) in [5.74, 6) is 0.0310. The Kier molecular flexibility index (Phi) is 4.45. The average molecular weight is 286 g/mol. The predicted molar refractivity (Wildman–Crippen MR) is 81.3 cm³/mol. The highest BCUT2D eigenvalue weighted by Gasteiger charge is 2.19. The summed E-state index contributed by atoms with van der Waals surface area (Å²) in [7, 11) is 1.62. The van der Waals surface area contributed by atoms with Crippen LogP contribution in [0.4, 0.5) is 5.69 Å². The van der Waals surface area contributed by atoms with E-state index >= 15 is 0 Å². The molecule has 0 heterocycles. The first-order chi connectivity index (χ1) is 9.97. The molecule has 0 radical (unpaired) electrons. The largest absolute Gasteiger partial charge is 0.508 e. The number of phenolic OH excluding ortho intramolecular Hbond substituents is 2. The topological polar surface area (TPSA) is 86.8 Å². The molecule has 1 atom stereocenters. The number of carbonyl (C=O) groups is 1. The van der Waals surface area contributed by atoms with Crippen molar-refractivity contribution in [2.45, 2.75) is 12.5 Å². The van der Waals surface area contributed by atoms with Gasteiger partial charge in [0.25, 0.3) is 0 Å². The molecule has 2 aromatic rings. The molecule has 5 nitrogen and oxygen atoms in total. The molecule has 5 heteroatoms. The summed E-state index contributed by atoms with van der Waals surface area (Å²) in [6.07, 6.45) is 0.377. The lowest BCUT2D eigenvalue weighted by molar-refractivity contribution is -0.119. The van der Waals surface area contributed by atoms with Crippen molar-refractivity contribution in [2.75, 3.05) is 11.9 Å². The van der Waals surface area contributed by atoms with Crippen molar-refractivity contribution in [1.29, 1.82) is 0 Å². The highest BCUT2D eigenvalue weighted by molar-refractivity contribution is 5.96. The summed E-state index contributed by atoms with van der Waals surface area (Å²) in [4.78, 5) is 13.7. The van der Waals surface area contributed by atoms with Crippen LogP contribution in [0.5, 0.6) is 11.5 Å². The summed E-state index contributed by atoms with van der Waals surface area (Å²) in [6.45, 7) is 0. The van der Waals surface area contributed by atoms with Crippen molar-refractivity contribution >= 4 is 11.6 Å². The highest BCUT2D eigenvalue weighted by Crippen LogP contribution is 2.20. The Morgan fingerprint density at radius 1 is 1.14 bits per heavy atom. The van der Waals surface area contributed by atoms with Crippen LogP contribution in [-0.2, 0) is 11.2 Å². The lowest BCUT2D eigenvalue weighted by Gasteiger charge is -2.21. The van der Waals surface area contributed by atoms with Gasteiger partial charge in [-0.25, -0.2) is 0 Å². The molecule has 0 fully saturated rings. The molecule has 0 aliphatic carbocycles. The van der Waals surface area contributed by atoms with E-state index in [1.54, 1.807) is 43.4 Å². The highest BCUT2D eigenvalue weighted by atomic mass is 16.3. The first-order valence-electron chi connectivity index (χ1n) is 6.57. The van der Waals surface area contributed by atoms with E-state index in [1.165, 1.54) is 17.0 Å². The van der Waals surface area contributed by atoms with Crippen LogP contribution in [0, 0.1) is 0 Å². The number of aromatic hydroxyl groups is 2.